The number of hydrogen-bond donors (Lipinski definition) is 2. The molecule has 0 saturated carbocycles. The molecule has 0 aliphatic heterocycles. The van der Waals surface area contributed by atoms with Gasteiger partial charge in [0, 0.05) is 11.0 Å². The fourth-order valence-corrected chi connectivity index (χ4v) is 3.39. The zero-order valence-electron chi connectivity index (χ0n) is 9.86. The van der Waals surface area contributed by atoms with E-state index in [-0.39, 0.29) is 5.75 Å². The van der Waals surface area contributed by atoms with Crippen LogP contribution in [0, 0.1) is 0 Å². The Morgan fingerprint density at radius 2 is 2.18 bits per heavy atom. The third kappa shape index (κ3) is 5.29. The van der Waals surface area contributed by atoms with E-state index in [0.717, 1.165) is 22.3 Å². The number of hydrogen-bond acceptors (Lipinski definition) is 3. The van der Waals surface area contributed by atoms with Gasteiger partial charge in [-0.15, -0.1) is 0 Å². The Labute approximate surface area is 113 Å². The van der Waals surface area contributed by atoms with E-state index in [4.69, 9.17) is 0 Å². The van der Waals surface area contributed by atoms with Crippen LogP contribution in [-0.2, 0) is 10.8 Å². The van der Waals surface area contributed by atoms with E-state index in [0.29, 0.717) is 6.54 Å². The molecule has 1 rings (SSSR count). The molecule has 0 saturated heterocycles. The van der Waals surface area contributed by atoms with Gasteiger partial charge < -0.3 is 10.4 Å². The fraction of sp³-hybridized carbons (Fsp3) is 0.500. The molecule has 0 aromatic heterocycles. The van der Waals surface area contributed by atoms with Crippen molar-refractivity contribution < 1.29 is 9.32 Å². The van der Waals surface area contributed by atoms with Gasteiger partial charge in [0.15, 0.2) is 0 Å². The van der Waals surface area contributed by atoms with Gasteiger partial charge in [0.1, 0.15) is 0 Å². The molecule has 2 N–H and O–H groups in total. The summed E-state index contributed by atoms with van der Waals surface area (Å²) in [5.74, 6) is 0.263. The second-order valence-corrected chi connectivity index (χ2v) is 6.12. The van der Waals surface area contributed by atoms with Crippen molar-refractivity contribution in [3.8, 4) is 0 Å². The lowest BCUT2D eigenvalue weighted by Crippen LogP contribution is -2.31. The number of halogens is 1. The van der Waals surface area contributed by atoms with E-state index in [1.54, 1.807) is 0 Å². The first-order chi connectivity index (χ1) is 8.15. The van der Waals surface area contributed by atoms with Gasteiger partial charge in [-0.05, 0) is 41.0 Å². The van der Waals surface area contributed by atoms with Gasteiger partial charge in [0.05, 0.1) is 27.6 Å². The molecule has 1 aromatic rings. The maximum absolute atomic E-state index is 12.0. The molecule has 1 aromatic carbocycles. The monoisotopic (exact) mass is 319 g/mol. The lowest BCUT2D eigenvalue weighted by molar-refractivity contribution is 0.195. The predicted molar refractivity (Wildman–Crippen MR) is 74.6 cm³/mol. The van der Waals surface area contributed by atoms with Crippen molar-refractivity contribution in [2.24, 2.45) is 0 Å². The number of rotatable bonds is 7. The number of benzene rings is 1. The topological polar surface area (TPSA) is 49.3 Å². The summed E-state index contributed by atoms with van der Waals surface area (Å²) in [6, 6.07) is 7.39. The molecule has 2 atom stereocenters. The fourth-order valence-electron chi connectivity index (χ4n) is 1.40. The summed E-state index contributed by atoms with van der Waals surface area (Å²) in [7, 11) is -1.17. The molecule has 0 radical (unpaired) electrons. The minimum atomic E-state index is -1.17. The zero-order chi connectivity index (χ0) is 12.7. The van der Waals surface area contributed by atoms with Gasteiger partial charge in [-0.25, -0.2) is 0 Å². The lowest BCUT2D eigenvalue weighted by atomic mass is 10.4. The maximum atomic E-state index is 12.0. The second kappa shape index (κ2) is 7.97. The predicted octanol–water partition coefficient (Wildman–Crippen LogP) is 1.92. The summed E-state index contributed by atoms with van der Waals surface area (Å²) in [4.78, 5) is 0.738. The highest BCUT2D eigenvalue weighted by atomic mass is 79.9. The van der Waals surface area contributed by atoms with E-state index in [1.807, 2.05) is 24.3 Å². The van der Waals surface area contributed by atoms with Crippen molar-refractivity contribution >= 4 is 26.7 Å². The highest BCUT2D eigenvalue weighted by Crippen LogP contribution is 2.20. The van der Waals surface area contributed by atoms with Crippen molar-refractivity contribution in [1.82, 2.24) is 5.32 Å². The molecular weight excluding hydrogens is 302 g/mol. The SMILES string of the molecule is CCCNCC(O)CS(=O)c1ccccc1Br. The third-order valence-electron chi connectivity index (χ3n) is 2.23. The Bertz CT molecular complexity index is 373. The number of aliphatic hydroxyl groups is 1. The van der Waals surface area contributed by atoms with Gasteiger partial charge in [-0.3, -0.25) is 4.21 Å². The summed E-state index contributed by atoms with van der Waals surface area (Å²) >= 11 is 3.36. The highest BCUT2D eigenvalue weighted by Gasteiger charge is 2.12. The average molecular weight is 320 g/mol. The Morgan fingerprint density at radius 1 is 1.47 bits per heavy atom. The van der Waals surface area contributed by atoms with Crippen LogP contribution in [0.2, 0.25) is 0 Å². The summed E-state index contributed by atoms with van der Waals surface area (Å²) in [5, 5.41) is 12.8. The van der Waals surface area contributed by atoms with Crippen molar-refractivity contribution in [3.05, 3.63) is 28.7 Å². The van der Waals surface area contributed by atoms with Gasteiger partial charge in [-0.1, -0.05) is 19.1 Å². The van der Waals surface area contributed by atoms with Crippen LogP contribution in [0.3, 0.4) is 0 Å². The van der Waals surface area contributed by atoms with Crippen LogP contribution in [0.5, 0.6) is 0 Å². The molecule has 0 aliphatic rings. The zero-order valence-corrected chi connectivity index (χ0v) is 12.3. The van der Waals surface area contributed by atoms with Gasteiger partial charge in [-0.2, -0.15) is 0 Å². The largest absolute Gasteiger partial charge is 0.391 e. The summed E-state index contributed by atoms with van der Waals surface area (Å²) in [6.45, 7) is 3.43. The second-order valence-electron chi connectivity index (χ2n) is 3.80. The van der Waals surface area contributed by atoms with Crippen LogP contribution in [0.4, 0.5) is 0 Å². The highest BCUT2D eigenvalue weighted by molar-refractivity contribution is 9.10. The normalized spacial score (nSPS) is 14.5. The smallest absolute Gasteiger partial charge is 0.0783 e. The first-order valence-corrected chi connectivity index (χ1v) is 7.78. The first-order valence-electron chi connectivity index (χ1n) is 5.66. The third-order valence-corrected chi connectivity index (χ3v) is 4.72. The molecule has 0 heterocycles. The van der Waals surface area contributed by atoms with Crippen LogP contribution in [0.25, 0.3) is 0 Å². The minimum absolute atomic E-state index is 0.263. The van der Waals surface area contributed by atoms with Crippen LogP contribution in [0.1, 0.15) is 13.3 Å². The molecule has 5 heteroatoms. The van der Waals surface area contributed by atoms with Crippen molar-refractivity contribution in [3.63, 3.8) is 0 Å². The molecule has 0 spiro atoms. The summed E-state index contributed by atoms with van der Waals surface area (Å²) in [6.07, 6.45) is 0.453. The van der Waals surface area contributed by atoms with Gasteiger partial charge >= 0.3 is 0 Å². The average Bonchev–Trinajstić information content (AvgIpc) is 2.29. The Hall–Kier alpha value is -0.230. The maximum Gasteiger partial charge on any atom is 0.0783 e. The molecule has 0 amide bonds. The molecule has 0 aliphatic carbocycles. The quantitative estimate of drug-likeness (QED) is 0.755. The van der Waals surface area contributed by atoms with Crippen LogP contribution < -0.4 is 5.32 Å². The molecule has 17 heavy (non-hydrogen) atoms. The van der Waals surface area contributed by atoms with Crippen molar-refractivity contribution in [2.45, 2.75) is 24.3 Å². The van der Waals surface area contributed by atoms with Crippen LogP contribution >= 0.6 is 15.9 Å². The molecule has 3 nitrogen and oxygen atoms in total. The van der Waals surface area contributed by atoms with E-state index < -0.39 is 16.9 Å². The van der Waals surface area contributed by atoms with Crippen molar-refractivity contribution in [2.75, 3.05) is 18.8 Å². The molecule has 0 bridgehead atoms. The molecule has 96 valence electrons. The molecule has 2 unspecified atom stereocenters. The minimum Gasteiger partial charge on any atom is -0.391 e. The van der Waals surface area contributed by atoms with Crippen LogP contribution in [-0.4, -0.2) is 34.3 Å². The van der Waals surface area contributed by atoms with E-state index in [1.165, 1.54) is 0 Å². The molecular formula is C12H18BrNO2S. The van der Waals surface area contributed by atoms with E-state index >= 15 is 0 Å². The van der Waals surface area contributed by atoms with Gasteiger partial charge in [0.2, 0.25) is 0 Å². The lowest BCUT2D eigenvalue weighted by Gasteiger charge is -2.11. The van der Waals surface area contributed by atoms with Crippen LogP contribution in [0.15, 0.2) is 33.6 Å². The summed E-state index contributed by atoms with van der Waals surface area (Å²) in [5.41, 5.74) is 0. The number of aliphatic hydroxyl groups excluding tert-OH is 1. The van der Waals surface area contributed by atoms with E-state index in [2.05, 4.69) is 28.2 Å². The first kappa shape index (κ1) is 14.8. The standard InChI is InChI=1S/C12H18BrNO2S/c1-2-7-14-8-10(15)9-17(16)12-6-4-3-5-11(12)13/h3-6,10,14-15H,2,7-9H2,1H3. The Morgan fingerprint density at radius 3 is 2.82 bits per heavy atom. The Balaban J connectivity index is 2.46. The van der Waals surface area contributed by atoms with Gasteiger partial charge in [0.25, 0.3) is 0 Å². The molecule has 0 fully saturated rings. The number of nitrogens with one attached hydrogen (secondary N) is 1. The Kier molecular flexibility index (Phi) is 6.96. The van der Waals surface area contributed by atoms with E-state index in [9.17, 15) is 9.32 Å². The summed E-state index contributed by atoms with van der Waals surface area (Å²) < 4.78 is 12.8. The van der Waals surface area contributed by atoms with Crippen molar-refractivity contribution in [1.29, 1.82) is 0 Å².